The van der Waals surface area contributed by atoms with Crippen LogP contribution in [0.25, 0.3) is 10.9 Å². The van der Waals surface area contributed by atoms with E-state index in [9.17, 15) is 9.59 Å². The van der Waals surface area contributed by atoms with E-state index in [0.29, 0.717) is 15.9 Å². The van der Waals surface area contributed by atoms with Gasteiger partial charge in [0, 0.05) is 21.5 Å². The van der Waals surface area contributed by atoms with Gasteiger partial charge in [0.25, 0.3) is 0 Å². The Morgan fingerprint density at radius 1 is 1.22 bits per heavy atom. The van der Waals surface area contributed by atoms with E-state index in [1.807, 2.05) is 0 Å². The van der Waals surface area contributed by atoms with Gasteiger partial charge in [0.15, 0.2) is 0 Å². The van der Waals surface area contributed by atoms with Crippen molar-refractivity contribution in [2.45, 2.75) is 6.42 Å². The summed E-state index contributed by atoms with van der Waals surface area (Å²) >= 11 is 11.8. The molecule has 18 heavy (non-hydrogen) atoms. The van der Waals surface area contributed by atoms with Crippen LogP contribution < -0.4 is 0 Å². The first-order valence-corrected chi connectivity index (χ1v) is 5.60. The molecule has 0 fully saturated rings. The Hall–Kier alpha value is -1.72. The van der Waals surface area contributed by atoms with Crippen molar-refractivity contribution in [3.05, 3.63) is 33.4 Å². The van der Waals surface area contributed by atoms with Gasteiger partial charge in [-0.05, 0) is 12.1 Å². The summed E-state index contributed by atoms with van der Waals surface area (Å²) in [5, 5.41) is 18.8. The highest BCUT2D eigenvalue weighted by molar-refractivity contribution is 6.39. The predicted molar refractivity (Wildman–Crippen MR) is 66.6 cm³/mol. The van der Waals surface area contributed by atoms with E-state index >= 15 is 0 Å². The maximum absolute atomic E-state index is 11.1. The molecule has 0 aliphatic carbocycles. The second-order valence-electron chi connectivity index (χ2n) is 3.66. The van der Waals surface area contributed by atoms with E-state index in [2.05, 4.69) is 4.98 Å². The molecular weight excluding hydrogens is 281 g/mol. The van der Waals surface area contributed by atoms with Crippen LogP contribution in [0.5, 0.6) is 0 Å². The Balaban J connectivity index is 2.80. The van der Waals surface area contributed by atoms with Gasteiger partial charge in [-0.15, -0.1) is 0 Å². The zero-order valence-corrected chi connectivity index (χ0v) is 10.3. The Bertz CT molecular complexity index is 663. The van der Waals surface area contributed by atoms with E-state index < -0.39 is 18.4 Å². The quantitative estimate of drug-likeness (QED) is 0.810. The van der Waals surface area contributed by atoms with Crippen LogP contribution in [0.3, 0.4) is 0 Å². The summed E-state index contributed by atoms with van der Waals surface area (Å²) in [6.07, 6.45) is -0.428. The van der Waals surface area contributed by atoms with E-state index in [4.69, 9.17) is 33.4 Å². The molecule has 1 heterocycles. The molecule has 3 N–H and O–H groups in total. The van der Waals surface area contributed by atoms with Gasteiger partial charge in [-0.25, -0.2) is 4.79 Å². The van der Waals surface area contributed by atoms with Gasteiger partial charge >= 0.3 is 11.9 Å². The maximum Gasteiger partial charge on any atom is 0.352 e. The number of rotatable bonds is 3. The second-order valence-corrected chi connectivity index (χ2v) is 4.51. The molecule has 94 valence electrons. The number of fused-ring (bicyclic) bond motifs is 1. The van der Waals surface area contributed by atoms with Gasteiger partial charge in [0.05, 0.1) is 11.4 Å². The van der Waals surface area contributed by atoms with E-state index in [-0.39, 0.29) is 16.3 Å². The standard InChI is InChI=1S/C11H7Cl2NO4/c12-4-1-6(13)9-5(3-8(15)16)10(11(17)18)14-7(9)2-4/h1-2,14H,3H2,(H,15,16)(H,17,18). The lowest BCUT2D eigenvalue weighted by Crippen LogP contribution is -2.06. The monoisotopic (exact) mass is 287 g/mol. The first kappa shape index (κ1) is 12.7. The molecule has 0 radical (unpaired) electrons. The average Bonchev–Trinajstić information content (AvgIpc) is 2.55. The SMILES string of the molecule is O=C(O)Cc1c(C(=O)O)[nH]c2cc(Cl)cc(Cl)c12. The lowest BCUT2D eigenvalue weighted by Gasteiger charge is -2.00. The third-order valence-corrected chi connectivity index (χ3v) is 2.98. The molecule has 0 bridgehead atoms. The number of benzene rings is 1. The van der Waals surface area contributed by atoms with Crippen LogP contribution in [-0.4, -0.2) is 27.1 Å². The van der Waals surface area contributed by atoms with Gasteiger partial charge in [-0.1, -0.05) is 23.2 Å². The molecule has 0 saturated heterocycles. The molecule has 1 aromatic carbocycles. The summed E-state index contributed by atoms with van der Waals surface area (Å²) in [6, 6.07) is 2.94. The number of carboxylic acid groups (broad SMARTS) is 2. The molecule has 0 unspecified atom stereocenters. The Morgan fingerprint density at radius 3 is 2.44 bits per heavy atom. The first-order valence-electron chi connectivity index (χ1n) is 4.85. The lowest BCUT2D eigenvalue weighted by molar-refractivity contribution is -0.136. The van der Waals surface area contributed by atoms with Crippen LogP contribution in [0.1, 0.15) is 16.1 Å². The van der Waals surface area contributed by atoms with Crippen LogP contribution in [0, 0.1) is 0 Å². The number of aromatic nitrogens is 1. The summed E-state index contributed by atoms with van der Waals surface area (Å²) in [6.45, 7) is 0. The molecule has 0 amide bonds. The number of hydrogen-bond donors (Lipinski definition) is 3. The number of H-pyrrole nitrogens is 1. The van der Waals surface area contributed by atoms with Crippen LogP contribution in [0.2, 0.25) is 10.0 Å². The zero-order chi connectivity index (χ0) is 13.4. The van der Waals surface area contributed by atoms with Gasteiger partial charge in [-0.3, -0.25) is 4.79 Å². The molecule has 5 nitrogen and oxygen atoms in total. The molecular formula is C11H7Cl2NO4. The van der Waals surface area contributed by atoms with Gasteiger partial charge < -0.3 is 15.2 Å². The lowest BCUT2D eigenvalue weighted by atomic mass is 10.1. The smallest absolute Gasteiger partial charge is 0.352 e. The Kier molecular flexibility index (Phi) is 3.19. The minimum Gasteiger partial charge on any atom is -0.481 e. The van der Waals surface area contributed by atoms with Crippen LogP contribution >= 0.6 is 23.2 Å². The molecule has 7 heteroatoms. The zero-order valence-electron chi connectivity index (χ0n) is 8.83. The minimum absolute atomic E-state index is 0.145. The van der Waals surface area contributed by atoms with Gasteiger partial charge in [-0.2, -0.15) is 0 Å². The van der Waals surface area contributed by atoms with Crippen molar-refractivity contribution < 1.29 is 19.8 Å². The maximum atomic E-state index is 11.1. The highest BCUT2D eigenvalue weighted by Gasteiger charge is 2.21. The number of nitrogens with one attached hydrogen (secondary N) is 1. The highest BCUT2D eigenvalue weighted by Crippen LogP contribution is 2.32. The summed E-state index contributed by atoms with van der Waals surface area (Å²) in [5.74, 6) is -2.38. The molecule has 0 atom stereocenters. The van der Waals surface area contributed by atoms with E-state index in [1.165, 1.54) is 12.1 Å². The molecule has 2 aromatic rings. The van der Waals surface area contributed by atoms with Crippen molar-refractivity contribution in [2.24, 2.45) is 0 Å². The minimum atomic E-state index is -1.24. The fourth-order valence-corrected chi connectivity index (χ4v) is 2.43. The third kappa shape index (κ3) is 2.14. The fraction of sp³-hybridized carbons (Fsp3) is 0.0909. The largest absolute Gasteiger partial charge is 0.481 e. The van der Waals surface area contributed by atoms with Crippen molar-refractivity contribution in [1.29, 1.82) is 0 Å². The third-order valence-electron chi connectivity index (χ3n) is 2.46. The molecule has 1 aromatic heterocycles. The second kappa shape index (κ2) is 4.51. The molecule has 2 rings (SSSR count). The summed E-state index contributed by atoms with van der Waals surface area (Å²) < 4.78 is 0. The number of hydrogen-bond acceptors (Lipinski definition) is 2. The van der Waals surface area contributed by atoms with E-state index in [1.54, 1.807) is 0 Å². The van der Waals surface area contributed by atoms with Crippen molar-refractivity contribution >= 4 is 46.0 Å². The molecule has 0 spiro atoms. The van der Waals surface area contributed by atoms with Crippen LogP contribution in [-0.2, 0) is 11.2 Å². The van der Waals surface area contributed by atoms with Crippen LogP contribution in [0.4, 0.5) is 0 Å². The number of aromatic amines is 1. The fourth-order valence-electron chi connectivity index (χ4n) is 1.82. The van der Waals surface area contributed by atoms with Gasteiger partial charge in [0.2, 0.25) is 0 Å². The number of aliphatic carboxylic acids is 1. The summed E-state index contributed by atoms with van der Waals surface area (Å²) in [5.41, 5.74) is 0.365. The highest BCUT2D eigenvalue weighted by atomic mass is 35.5. The molecule has 0 aliphatic rings. The Morgan fingerprint density at radius 2 is 1.89 bits per heavy atom. The van der Waals surface area contributed by atoms with E-state index in [0.717, 1.165) is 0 Å². The van der Waals surface area contributed by atoms with Crippen molar-refractivity contribution in [3.8, 4) is 0 Å². The molecule has 0 aliphatic heterocycles. The predicted octanol–water partition coefficient (Wildman–Crippen LogP) is 2.80. The van der Waals surface area contributed by atoms with Crippen molar-refractivity contribution in [2.75, 3.05) is 0 Å². The van der Waals surface area contributed by atoms with Gasteiger partial charge in [0.1, 0.15) is 5.69 Å². The van der Waals surface area contributed by atoms with Crippen molar-refractivity contribution in [3.63, 3.8) is 0 Å². The number of carbonyl (C=O) groups is 2. The first-order chi connectivity index (χ1) is 8.40. The summed E-state index contributed by atoms with van der Waals surface area (Å²) in [7, 11) is 0. The summed E-state index contributed by atoms with van der Waals surface area (Å²) in [4.78, 5) is 24.5. The van der Waals surface area contributed by atoms with Crippen molar-refractivity contribution in [1.82, 2.24) is 4.98 Å². The number of halogens is 2. The van der Waals surface area contributed by atoms with Crippen LogP contribution in [0.15, 0.2) is 12.1 Å². The number of aromatic carboxylic acids is 1. The normalized spacial score (nSPS) is 10.8. The Labute approximate surface area is 111 Å². The average molecular weight is 288 g/mol. The number of carboxylic acids is 2. The molecule has 0 saturated carbocycles. The topological polar surface area (TPSA) is 90.4 Å².